The van der Waals surface area contributed by atoms with Crippen molar-refractivity contribution in [3.8, 4) is 0 Å². The molecule has 0 aliphatic heterocycles. The van der Waals surface area contributed by atoms with Gasteiger partial charge in [-0.15, -0.1) is 0 Å². The van der Waals surface area contributed by atoms with Crippen molar-refractivity contribution in [2.75, 3.05) is 0 Å². The number of nitrogens with one attached hydrogen (secondary N) is 1. The molecule has 0 unspecified atom stereocenters. The Hall–Kier alpha value is -2.63. The maximum absolute atomic E-state index is 10.4. The second kappa shape index (κ2) is 5.45. The first kappa shape index (κ1) is 12.4. The molecule has 1 aromatic carbocycles. The molecule has 17 heavy (non-hydrogen) atoms. The van der Waals surface area contributed by atoms with Crippen molar-refractivity contribution in [3.63, 3.8) is 0 Å². The Kier molecular flexibility index (Phi) is 3.99. The van der Waals surface area contributed by atoms with Gasteiger partial charge in [0, 0.05) is 35.3 Å². The summed E-state index contributed by atoms with van der Waals surface area (Å²) >= 11 is 0. The van der Waals surface area contributed by atoms with E-state index in [9.17, 15) is 14.9 Å². The van der Waals surface area contributed by atoms with Crippen LogP contribution in [0.4, 0.5) is 5.69 Å². The standard InChI is InChI=1S/C8H6N2O2.C3H4O2/c11-10(12)7-1-2-8-6(5-7)3-4-9-8;1-2-3(4)5/h1-5,9H;2H,1H2,(H,4,5). The zero-order valence-electron chi connectivity index (χ0n) is 8.79. The summed E-state index contributed by atoms with van der Waals surface area (Å²) < 4.78 is 0. The van der Waals surface area contributed by atoms with Crippen LogP contribution in [-0.4, -0.2) is 21.0 Å². The lowest BCUT2D eigenvalue weighted by atomic mass is 10.2. The lowest BCUT2D eigenvalue weighted by Gasteiger charge is -1.90. The van der Waals surface area contributed by atoms with E-state index in [1.165, 1.54) is 6.07 Å². The molecule has 1 aromatic heterocycles. The highest BCUT2D eigenvalue weighted by molar-refractivity contribution is 5.81. The van der Waals surface area contributed by atoms with E-state index >= 15 is 0 Å². The van der Waals surface area contributed by atoms with Gasteiger partial charge in [0.2, 0.25) is 0 Å². The number of fused-ring (bicyclic) bond motifs is 1. The zero-order chi connectivity index (χ0) is 12.8. The van der Waals surface area contributed by atoms with Crippen molar-refractivity contribution in [2.24, 2.45) is 0 Å². The van der Waals surface area contributed by atoms with Crippen LogP contribution >= 0.6 is 0 Å². The zero-order valence-corrected chi connectivity index (χ0v) is 8.79. The highest BCUT2D eigenvalue weighted by atomic mass is 16.6. The van der Waals surface area contributed by atoms with Crippen LogP contribution in [0.25, 0.3) is 10.9 Å². The Morgan fingerprint density at radius 2 is 2.12 bits per heavy atom. The number of carboxylic acid groups (broad SMARTS) is 1. The van der Waals surface area contributed by atoms with Crippen molar-refractivity contribution >= 4 is 22.6 Å². The van der Waals surface area contributed by atoms with Gasteiger partial charge in [0.15, 0.2) is 0 Å². The van der Waals surface area contributed by atoms with Gasteiger partial charge >= 0.3 is 5.97 Å². The number of carboxylic acids is 1. The molecule has 0 spiro atoms. The van der Waals surface area contributed by atoms with Gasteiger partial charge in [-0.05, 0) is 12.1 Å². The lowest BCUT2D eigenvalue weighted by molar-refractivity contribution is -0.384. The van der Waals surface area contributed by atoms with Gasteiger partial charge in [-0.2, -0.15) is 0 Å². The van der Waals surface area contributed by atoms with E-state index in [0.717, 1.165) is 17.0 Å². The van der Waals surface area contributed by atoms with Crippen LogP contribution in [0.15, 0.2) is 43.1 Å². The predicted molar refractivity (Wildman–Crippen MR) is 62.8 cm³/mol. The molecule has 6 nitrogen and oxygen atoms in total. The molecule has 1 heterocycles. The fraction of sp³-hybridized carbons (Fsp3) is 0. The molecule has 2 N–H and O–H groups in total. The number of H-pyrrole nitrogens is 1. The van der Waals surface area contributed by atoms with Gasteiger partial charge in [0.25, 0.3) is 5.69 Å². The van der Waals surface area contributed by atoms with Crippen LogP contribution in [0.2, 0.25) is 0 Å². The van der Waals surface area contributed by atoms with Crippen LogP contribution in [0.1, 0.15) is 0 Å². The molecule has 0 saturated heterocycles. The largest absolute Gasteiger partial charge is 0.478 e. The van der Waals surface area contributed by atoms with Crippen molar-refractivity contribution in [2.45, 2.75) is 0 Å². The minimum Gasteiger partial charge on any atom is -0.478 e. The molecular weight excluding hydrogens is 224 g/mol. The van der Waals surface area contributed by atoms with Gasteiger partial charge < -0.3 is 10.1 Å². The number of nitrogens with zero attached hydrogens (tertiary/aromatic N) is 1. The molecule has 6 heteroatoms. The van der Waals surface area contributed by atoms with Gasteiger partial charge in [0.05, 0.1) is 4.92 Å². The molecule has 2 rings (SSSR count). The Morgan fingerprint density at radius 3 is 2.65 bits per heavy atom. The van der Waals surface area contributed by atoms with Gasteiger partial charge in [0.1, 0.15) is 0 Å². The quantitative estimate of drug-likeness (QED) is 0.473. The van der Waals surface area contributed by atoms with E-state index in [4.69, 9.17) is 5.11 Å². The Labute approximate surface area is 96.3 Å². The van der Waals surface area contributed by atoms with E-state index < -0.39 is 10.9 Å². The minimum absolute atomic E-state index is 0.127. The number of nitro groups is 1. The van der Waals surface area contributed by atoms with Crippen molar-refractivity contribution < 1.29 is 14.8 Å². The smallest absolute Gasteiger partial charge is 0.327 e. The van der Waals surface area contributed by atoms with Crippen LogP contribution < -0.4 is 0 Å². The van der Waals surface area contributed by atoms with Gasteiger partial charge in [-0.3, -0.25) is 10.1 Å². The molecule has 0 amide bonds. The Morgan fingerprint density at radius 1 is 1.47 bits per heavy atom. The molecule has 0 radical (unpaired) electrons. The van der Waals surface area contributed by atoms with E-state index in [1.54, 1.807) is 18.3 Å². The third-order valence-corrected chi connectivity index (χ3v) is 1.92. The Bertz CT molecular complexity index is 559. The molecule has 0 saturated carbocycles. The van der Waals surface area contributed by atoms with Crippen molar-refractivity contribution in [3.05, 3.63) is 53.2 Å². The molecule has 0 fully saturated rings. The number of rotatable bonds is 2. The summed E-state index contributed by atoms with van der Waals surface area (Å²) in [6.07, 6.45) is 2.59. The number of aromatic nitrogens is 1. The van der Waals surface area contributed by atoms with Crippen LogP contribution in [0.3, 0.4) is 0 Å². The number of nitro benzene ring substituents is 1. The number of benzene rings is 1. The molecule has 0 aliphatic rings. The average molecular weight is 234 g/mol. The van der Waals surface area contributed by atoms with Crippen molar-refractivity contribution in [1.29, 1.82) is 0 Å². The molecule has 0 aliphatic carbocycles. The molecule has 88 valence electrons. The average Bonchev–Trinajstić information content (AvgIpc) is 2.76. The topological polar surface area (TPSA) is 96.2 Å². The normalized spacial score (nSPS) is 9.18. The van der Waals surface area contributed by atoms with E-state index in [2.05, 4.69) is 11.6 Å². The summed E-state index contributed by atoms with van der Waals surface area (Å²) in [7, 11) is 0. The summed E-state index contributed by atoms with van der Waals surface area (Å²) in [5.74, 6) is -0.981. The minimum atomic E-state index is -0.981. The Balaban J connectivity index is 0.000000249. The van der Waals surface area contributed by atoms with Crippen molar-refractivity contribution in [1.82, 2.24) is 4.98 Å². The molecule has 0 bridgehead atoms. The third-order valence-electron chi connectivity index (χ3n) is 1.92. The van der Waals surface area contributed by atoms with Crippen LogP contribution in [0.5, 0.6) is 0 Å². The summed E-state index contributed by atoms with van der Waals surface area (Å²) in [6.45, 7) is 2.96. The van der Waals surface area contributed by atoms with Gasteiger partial charge in [-0.25, -0.2) is 4.79 Å². The molecule has 0 atom stereocenters. The monoisotopic (exact) mass is 234 g/mol. The number of hydrogen-bond donors (Lipinski definition) is 2. The second-order valence-corrected chi connectivity index (χ2v) is 3.05. The number of carbonyl (C=O) groups is 1. The highest BCUT2D eigenvalue weighted by Gasteiger charge is 2.05. The summed E-state index contributed by atoms with van der Waals surface area (Å²) in [5, 5.41) is 18.8. The van der Waals surface area contributed by atoms with Gasteiger partial charge in [-0.1, -0.05) is 6.58 Å². The predicted octanol–water partition coefficient (Wildman–Crippen LogP) is 2.33. The summed E-state index contributed by atoms with van der Waals surface area (Å²) in [6, 6.07) is 6.54. The van der Waals surface area contributed by atoms with E-state index in [1.807, 2.05) is 6.07 Å². The maximum Gasteiger partial charge on any atom is 0.327 e. The SMILES string of the molecule is C=CC(=O)O.O=[N+]([O-])c1ccc2[nH]ccc2c1. The first-order valence-corrected chi connectivity index (χ1v) is 4.61. The molecular formula is C11H10N2O4. The summed E-state index contributed by atoms with van der Waals surface area (Å²) in [4.78, 5) is 22.2. The van der Waals surface area contributed by atoms with Crippen LogP contribution in [-0.2, 0) is 4.79 Å². The fourth-order valence-electron chi connectivity index (χ4n) is 1.15. The number of aliphatic carboxylic acids is 1. The molecule has 2 aromatic rings. The van der Waals surface area contributed by atoms with E-state index in [-0.39, 0.29) is 5.69 Å². The highest BCUT2D eigenvalue weighted by Crippen LogP contribution is 2.18. The number of hydrogen-bond acceptors (Lipinski definition) is 3. The number of aromatic amines is 1. The third kappa shape index (κ3) is 3.45. The fourth-order valence-corrected chi connectivity index (χ4v) is 1.15. The second-order valence-electron chi connectivity index (χ2n) is 3.05. The van der Waals surface area contributed by atoms with Crippen LogP contribution in [0, 0.1) is 10.1 Å². The number of non-ortho nitro benzene ring substituents is 1. The van der Waals surface area contributed by atoms with E-state index in [0.29, 0.717) is 0 Å². The first-order chi connectivity index (χ1) is 8.04. The maximum atomic E-state index is 10.4. The lowest BCUT2D eigenvalue weighted by Crippen LogP contribution is -1.86. The summed E-state index contributed by atoms with van der Waals surface area (Å²) in [5.41, 5.74) is 1.04. The first-order valence-electron chi connectivity index (χ1n) is 4.61.